The van der Waals surface area contributed by atoms with Gasteiger partial charge in [0.15, 0.2) is 0 Å². The van der Waals surface area contributed by atoms with Crippen molar-refractivity contribution in [2.45, 2.75) is 106 Å². The first-order valence-electron chi connectivity index (χ1n) is 13.7. The number of carbonyl (C=O) groups is 1. The molecule has 3 heteroatoms. The van der Waals surface area contributed by atoms with Crippen LogP contribution in [-0.4, -0.2) is 23.3 Å². The summed E-state index contributed by atoms with van der Waals surface area (Å²) in [4.78, 5) is 11.5. The van der Waals surface area contributed by atoms with Crippen LogP contribution in [0.15, 0.2) is 23.8 Å². The Bertz CT molecular complexity index is 796. The topological polar surface area (TPSA) is 46.5 Å². The van der Waals surface area contributed by atoms with Gasteiger partial charge in [0, 0.05) is 12.8 Å². The monoisotopic (exact) mass is 456 g/mol. The summed E-state index contributed by atoms with van der Waals surface area (Å²) in [6, 6.07) is 0. The Kier molecular flexibility index (Phi) is 6.95. The first-order valence-corrected chi connectivity index (χ1v) is 13.7. The fourth-order valence-corrected chi connectivity index (χ4v) is 8.55. The van der Waals surface area contributed by atoms with Gasteiger partial charge in [-0.05, 0) is 91.3 Å². The summed E-state index contributed by atoms with van der Waals surface area (Å²) in [5, 5.41) is 11.7. The fourth-order valence-electron chi connectivity index (χ4n) is 8.55. The van der Waals surface area contributed by atoms with Crippen LogP contribution in [0.25, 0.3) is 0 Å². The molecular weight excluding hydrogens is 408 g/mol. The van der Waals surface area contributed by atoms with Crippen LogP contribution in [0.3, 0.4) is 0 Å². The molecule has 4 aliphatic rings. The van der Waals surface area contributed by atoms with Gasteiger partial charge < -0.3 is 9.84 Å². The smallest absolute Gasteiger partial charge is 0.302 e. The predicted octanol–water partition coefficient (Wildman–Crippen LogP) is 6.95. The number of allylic oxidation sites excluding steroid dienone is 3. The average Bonchev–Trinajstić information content (AvgIpc) is 3.07. The molecule has 0 spiro atoms. The van der Waals surface area contributed by atoms with Gasteiger partial charge in [-0.3, -0.25) is 4.79 Å². The highest BCUT2D eigenvalue weighted by Gasteiger charge is 2.61. The Labute approximate surface area is 202 Å². The Morgan fingerprint density at radius 1 is 1.12 bits per heavy atom. The first-order chi connectivity index (χ1) is 15.5. The molecule has 3 fully saturated rings. The van der Waals surface area contributed by atoms with Gasteiger partial charge in [-0.1, -0.05) is 65.3 Å². The van der Waals surface area contributed by atoms with Gasteiger partial charge in [0.1, 0.15) is 6.10 Å². The number of esters is 1. The number of ether oxygens (including phenoxy) is 1. The zero-order chi connectivity index (χ0) is 24.1. The number of hydrogen-bond donors (Lipinski definition) is 1. The van der Waals surface area contributed by atoms with Gasteiger partial charge in [0.25, 0.3) is 0 Å². The highest BCUT2D eigenvalue weighted by molar-refractivity contribution is 5.66. The second kappa shape index (κ2) is 9.17. The SMILES string of the molecule is CC(=O)O[C@@H]1CC[C@@]2(C)[C@@H](CC=C3[C@@H]2[C@H](O)C[C@]2(C)[C@@H]([C@H](C)/C=C/[C@H](C)C(C)C)CC[C@@H]32)C1. The molecule has 0 unspecified atom stereocenters. The van der Waals surface area contributed by atoms with E-state index in [0.717, 1.165) is 32.1 Å². The maximum atomic E-state index is 11.7. The maximum absolute atomic E-state index is 11.7. The molecule has 4 aliphatic carbocycles. The van der Waals surface area contributed by atoms with Crippen molar-refractivity contribution >= 4 is 5.97 Å². The first kappa shape index (κ1) is 25.0. The fraction of sp³-hybridized carbons (Fsp3) is 0.833. The van der Waals surface area contributed by atoms with Crippen molar-refractivity contribution in [3.63, 3.8) is 0 Å². The van der Waals surface area contributed by atoms with Crippen LogP contribution in [0.5, 0.6) is 0 Å². The van der Waals surface area contributed by atoms with E-state index in [1.54, 1.807) is 5.57 Å². The molecule has 0 amide bonds. The van der Waals surface area contributed by atoms with Gasteiger partial charge in [0.05, 0.1) is 6.10 Å². The van der Waals surface area contributed by atoms with Crippen LogP contribution in [-0.2, 0) is 9.53 Å². The quantitative estimate of drug-likeness (QED) is 0.359. The zero-order valence-corrected chi connectivity index (χ0v) is 22.1. The molecule has 186 valence electrons. The summed E-state index contributed by atoms with van der Waals surface area (Å²) >= 11 is 0. The van der Waals surface area contributed by atoms with E-state index in [2.05, 4.69) is 59.8 Å². The van der Waals surface area contributed by atoms with Crippen molar-refractivity contribution in [3.05, 3.63) is 23.8 Å². The molecule has 0 aromatic carbocycles. The summed E-state index contributed by atoms with van der Waals surface area (Å²) < 4.78 is 5.60. The summed E-state index contributed by atoms with van der Waals surface area (Å²) in [5.74, 6) is 3.70. The molecule has 33 heavy (non-hydrogen) atoms. The van der Waals surface area contributed by atoms with Crippen molar-refractivity contribution in [1.82, 2.24) is 0 Å². The van der Waals surface area contributed by atoms with E-state index in [0.29, 0.717) is 35.5 Å². The Balaban J connectivity index is 1.55. The number of hydrogen-bond acceptors (Lipinski definition) is 3. The van der Waals surface area contributed by atoms with Crippen LogP contribution >= 0.6 is 0 Å². The Morgan fingerprint density at radius 2 is 1.85 bits per heavy atom. The molecular formula is C30H48O3. The zero-order valence-electron chi connectivity index (χ0n) is 22.1. The van der Waals surface area contributed by atoms with Gasteiger partial charge in [0.2, 0.25) is 0 Å². The van der Waals surface area contributed by atoms with Gasteiger partial charge in [-0.25, -0.2) is 0 Å². The van der Waals surface area contributed by atoms with Crippen molar-refractivity contribution < 1.29 is 14.6 Å². The predicted molar refractivity (Wildman–Crippen MR) is 134 cm³/mol. The molecule has 0 saturated heterocycles. The molecule has 0 aromatic rings. The average molecular weight is 457 g/mol. The van der Waals surface area contributed by atoms with E-state index in [1.807, 2.05) is 0 Å². The van der Waals surface area contributed by atoms with Crippen molar-refractivity contribution in [2.24, 2.45) is 52.3 Å². The number of carbonyl (C=O) groups excluding carboxylic acids is 1. The third kappa shape index (κ3) is 4.37. The molecule has 3 saturated carbocycles. The van der Waals surface area contributed by atoms with Crippen LogP contribution in [0, 0.1) is 52.3 Å². The third-order valence-corrected chi connectivity index (χ3v) is 10.8. The summed E-state index contributed by atoms with van der Waals surface area (Å²) in [7, 11) is 0. The van der Waals surface area contributed by atoms with E-state index in [9.17, 15) is 9.90 Å². The molecule has 4 rings (SSSR count). The highest BCUT2D eigenvalue weighted by Crippen LogP contribution is 2.66. The molecule has 10 atom stereocenters. The molecule has 1 N–H and O–H groups in total. The van der Waals surface area contributed by atoms with E-state index in [-0.39, 0.29) is 34.9 Å². The van der Waals surface area contributed by atoms with E-state index < -0.39 is 0 Å². The number of fused-ring (bicyclic) bond motifs is 5. The van der Waals surface area contributed by atoms with Crippen molar-refractivity contribution in [1.29, 1.82) is 0 Å². The normalized spacial score (nSPS) is 44.6. The number of aliphatic hydroxyl groups is 1. The molecule has 0 bridgehead atoms. The van der Waals surface area contributed by atoms with Crippen molar-refractivity contribution in [2.75, 3.05) is 0 Å². The second-order valence-corrected chi connectivity index (χ2v) is 13.0. The minimum absolute atomic E-state index is 0.0539. The largest absolute Gasteiger partial charge is 0.463 e. The maximum Gasteiger partial charge on any atom is 0.302 e. The molecule has 0 aliphatic heterocycles. The lowest BCUT2D eigenvalue weighted by molar-refractivity contribution is -0.154. The standard InChI is InChI=1S/C30H48O3/c1-18(2)19(3)8-9-20(4)25-12-13-26-24-11-10-22-16-23(33-21(5)31)14-15-29(22,6)28(24)27(32)17-30(25,26)7/h8-9,11,18-20,22-23,25-28,32H,10,12-17H2,1-7H3/b9-8+/t19-,20+,22-,23+,25+,26-,27+,28+,29-,30+/m0/s1. The lowest BCUT2D eigenvalue weighted by Crippen LogP contribution is -2.55. The molecule has 0 radical (unpaired) electrons. The van der Waals surface area contributed by atoms with Crippen molar-refractivity contribution in [3.8, 4) is 0 Å². The van der Waals surface area contributed by atoms with Crippen LogP contribution in [0.2, 0.25) is 0 Å². The summed E-state index contributed by atoms with van der Waals surface area (Å²) in [5.41, 5.74) is 1.89. The number of aliphatic hydroxyl groups excluding tert-OH is 1. The second-order valence-electron chi connectivity index (χ2n) is 13.0. The van der Waals surface area contributed by atoms with E-state index in [4.69, 9.17) is 4.74 Å². The van der Waals surface area contributed by atoms with Crippen LogP contribution < -0.4 is 0 Å². The van der Waals surface area contributed by atoms with Gasteiger partial charge in [-0.15, -0.1) is 0 Å². The Morgan fingerprint density at radius 3 is 2.52 bits per heavy atom. The van der Waals surface area contributed by atoms with Gasteiger partial charge in [-0.2, -0.15) is 0 Å². The lowest BCUT2D eigenvalue weighted by atomic mass is 9.47. The minimum atomic E-state index is -0.262. The van der Waals surface area contributed by atoms with E-state index >= 15 is 0 Å². The van der Waals surface area contributed by atoms with Crippen LogP contribution in [0.4, 0.5) is 0 Å². The number of rotatable bonds is 5. The Hall–Kier alpha value is -1.09. The van der Waals surface area contributed by atoms with Gasteiger partial charge >= 0.3 is 5.97 Å². The lowest BCUT2D eigenvalue weighted by Gasteiger charge is -2.59. The van der Waals surface area contributed by atoms with Crippen LogP contribution in [0.1, 0.15) is 93.4 Å². The minimum Gasteiger partial charge on any atom is -0.463 e. The summed E-state index contributed by atoms with van der Waals surface area (Å²) in [6.07, 6.45) is 14.7. The molecule has 3 nitrogen and oxygen atoms in total. The summed E-state index contributed by atoms with van der Waals surface area (Å²) in [6.45, 7) is 15.8. The molecule has 0 aromatic heterocycles. The van der Waals surface area contributed by atoms with E-state index in [1.165, 1.54) is 19.8 Å². The third-order valence-electron chi connectivity index (χ3n) is 10.8. The molecule has 0 heterocycles. The highest BCUT2D eigenvalue weighted by atomic mass is 16.5.